The van der Waals surface area contributed by atoms with Gasteiger partial charge in [-0.25, -0.2) is 0 Å². The number of nitrogen functional groups attached to an aromatic ring is 1. The van der Waals surface area contributed by atoms with Gasteiger partial charge in [-0.15, -0.1) is 5.10 Å². The van der Waals surface area contributed by atoms with Crippen LogP contribution in [0.5, 0.6) is 0 Å². The van der Waals surface area contributed by atoms with E-state index in [0.29, 0.717) is 5.82 Å². The summed E-state index contributed by atoms with van der Waals surface area (Å²) in [7, 11) is 0. The number of aryl methyl sites for hydroxylation is 3. The highest BCUT2D eigenvalue weighted by atomic mass is 15.5. The molecule has 3 rings (SSSR count). The van der Waals surface area contributed by atoms with Crippen LogP contribution in [0.1, 0.15) is 16.7 Å². The average Bonchev–Trinajstić information content (AvgIpc) is 2.91. The Morgan fingerprint density at radius 2 is 1.76 bits per heavy atom. The molecule has 0 radical (unpaired) electrons. The van der Waals surface area contributed by atoms with Crippen molar-refractivity contribution in [2.24, 2.45) is 0 Å². The second-order valence-corrected chi connectivity index (χ2v) is 5.28. The molecule has 0 amide bonds. The first-order chi connectivity index (χ1) is 10.1. The highest BCUT2D eigenvalue weighted by Gasteiger charge is 2.13. The maximum absolute atomic E-state index is 5.99. The zero-order valence-corrected chi connectivity index (χ0v) is 12.3. The Labute approximate surface area is 123 Å². The molecule has 0 aliphatic carbocycles. The highest BCUT2D eigenvalue weighted by Crippen LogP contribution is 2.24. The van der Waals surface area contributed by atoms with Crippen LogP contribution in [-0.2, 0) is 0 Å². The SMILES string of the molecule is Cc1ccc(-n2nnnc2-c2ccc(C)c(N)c2)c(C)c1. The van der Waals surface area contributed by atoms with Gasteiger partial charge in [0.2, 0.25) is 0 Å². The standard InChI is InChI=1S/C16H17N5/c1-10-4-7-15(12(3)8-10)21-16(18-19-20-21)13-6-5-11(2)14(17)9-13/h4-9H,17H2,1-3H3. The van der Waals surface area contributed by atoms with Gasteiger partial charge in [-0.05, 0) is 54.5 Å². The van der Waals surface area contributed by atoms with E-state index in [4.69, 9.17) is 5.73 Å². The summed E-state index contributed by atoms with van der Waals surface area (Å²) >= 11 is 0. The molecule has 0 unspecified atom stereocenters. The lowest BCUT2D eigenvalue weighted by atomic mass is 10.1. The summed E-state index contributed by atoms with van der Waals surface area (Å²) in [4.78, 5) is 0. The average molecular weight is 279 g/mol. The maximum Gasteiger partial charge on any atom is 0.187 e. The van der Waals surface area contributed by atoms with Crippen molar-refractivity contribution in [1.29, 1.82) is 0 Å². The van der Waals surface area contributed by atoms with E-state index in [-0.39, 0.29) is 0 Å². The molecule has 0 atom stereocenters. The Hall–Kier alpha value is -2.69. The van der Waals surface area contributed by atoms with Crippen LogP contribution in [0.25, 0.3) is 17.1 Å². The number of tetrazole rings is 1. The van der Waals surface area contributed by atoms with Crippen molar-refractivity contribution < 1.29 is 0 Å². The van der Waals surface area contributed by atoms with Crippen molar-refractivity contribution in [3.8, 4) is 17.1 Å². The fraction of sp³-hybridized carbons (Fsp3) is 0.188. The molecular weight excluding hydrogens is 262 g/mol. The van der Waals surface area contributed by atoms with E-state index in [1.807, 2.05) is 31.2 Å². The van der Waals surface area contributed by atoms with Gasteiger partial charge in [-0.1, -0.05) is 29.8 Å². The van der Waals surface area contributed by atoms with Crippen LogP contribution in [0.3, 0.4) is 0 Å². The molecule has 3 aromatic rings. The zero-order chi connectivity index (χ0) is 15.0. The predicted octanol–water partition coefficient (Wildman–Crippen LogP) is 2.84. The van der Waals surface area contributed by atoms with E-state index in [2.05, 4.69) is 41.5 Å². The number of aromatic nitrogens is 4. The maximum atomic E-state index is 5.99. The Bertz CT molecular complexity index is 804. The largest absolute Gasteiger partial charge is 0.398 e. The molecule has 0 bridgehead atoms. The first-order valence-electron chi connectivity index (χ1n) is 6.79. The molecule has 0 aliphatic rings. The summed E-state index contributed by atoms with van der Waals surface area (Å²) in [5.41, 5.74) is 12.0. The summed E-state index contributed by atoms with van der Waals surface area (Å²) in [6.45, 7) is 6.10. The van der Waals surface area contributed by atoms with Gasteiger partial charge in [-0.2, -0.15) is 4.68 Å². The number of hydrogen-bond acceptors (Lipinski definition) is 4. The monoisotopic (exact) mass is 279 g/mol. The van der Waals surface area contributed by atoms with E-state index in [9.17, 15) is 0 Å². The lowest BCUT2D eigenvalue weighted by molar-refractivity contribution is 0.787. The molecule has 21 heavy (non-hydrogen) atoms. The van der Waals surface area contributed by atoms with Crippen LogP contribution >= 0.6 is 0 Å². The predicted molar refractivity (Wildman–Crippen MR) is 83.2 cm³/mol. The minimum absolute atomic E-state index is 0.689. The van der Waals surface area contributed by atoms with E-state index in [1.54, 1.807) is 4.68 Å². The Morgan fingerprint density at radius 3 is 2.48 bits per heavy atom. The summed E-state index contributed by atoms with van der Waals surface area (Å²) in [6, 6.07) is 12.1. The first kappa shape index (κ1) is 13.3. The van der Waals surface area contributed by atoms with Gasteiger partial charge in [0.1, 0.15) is 0 Å². The van der Waals surface area contributed by atoms with Crippen molar-refractivity contribution >= 4 is 5.69 Å². The third-order valence-corrected chi connectivity index (χ3v) is 3.59. The van der Waals surface area contributed by atoms with Crippen LogP contribution in [0.15, 0.2) is 36.4 Å². The van der Waals surface area contributed by atoms with Crippen molar-refractivity contribution in [2.45, 2.75) is 20.8 Å². The van der Waals surface area contributed by atoms with E-state index in [0.717, 1.165) is 28.1 Å². The Balaban J connectivity index is 2.14. The van der Waals surface area contributed by atoms with E-state index < -0.39 is 0 Å². The van der Waals surface area contributed by atoms with Crippen molar-refractivity contribution in [2.75, 3.05) is 5.73 Å². The highest BCUT2D eigenvalue weighted by molar-refractivity contribution is 5.65. The molecule has 5 nitrogen and oxygen atoms in total. The smallest absolute Gasteiger partial charge is 0.187 e. The number of anilines is 1. The fourth-order valence-electron chi connectivity index (χ4n) is 2.35. The van der Waals surface area contributed by atoms with E-state index in [1.165, 1.54) is 5.56 Å². The van der Waals surface area contributed by atoms with Gasteiger partial charge < -0.3 is 5.73 Å². The molecule has 1 aromatic heterocycles. The molecule has 0 fully saturated rings. The lowest BCUT2D eigenvalue weighted by Gasteiger charge is -2.09. The Kier molecular flexibility index (Phi) is 3.17. The first-order valence-corrected chi connectivity index (χ1v) is 6.79. The number of rotatable bonds is 2. The van der Waals surface area contributed by atoms with Crippen LogP contribution in [-0.4, -0.2) is 20.2 Å². The molecule has 1 heterocycles. The second-order valence-electron chi connectivity index (χ2n) is 5.28. The third kappa shape index (κ3) is 2.38. The molecule has 106 valence electrons. The molecule has 2 N–H and O–H groups in total. The molecule has 0 saturated heterocycles. The molecule has 0 spiro atoms. The van der Waals surface area contributed by atoms with Gasteiger partial charge in [0.25, 0.3) is 0 Å². The zero-order valence-electron chi connectivity index (χ0n) is 12.3. The number of hydrogen-bond donors (Lipinski definition) is 1. The summed E-state index contributed by atoms with van der Waals surface area (Å²) in [5.74, 6) is 0.689. The van der Waals surface area contributed by atoms with Gasteiger partial charge >= 0.3 is 0 Å². The number of benzene rings is 2. The minimum atomic E-state index is 0.689. The quantitative estimate of drug-likeness (QED) is 0.732. The van der Waals surface area contributed by atoms with Gasteiger partial charge in [0, 0.05) is 11.3 Å². The third-order valence-electron chi connectivity index (χ3n) is 3.59. The second kappa shape index (κ2) is 5.01. The lowest BCUT2D eigenvalue weighted by Crippen LogP contribution is -2.03. The molecule has 0 saturated carbocycles. The summed E-state index contributed by atoms with van der Waals surface area (Å²) in [5, 5.41) is 12.1. The van der Waals surface area contributed by atoms with Crippen LogP contribution < -0.4 is 5.73 Å². The summed E-state index contributed by atoms with van der Waals surface area (Å²) in [6.07, 6.45) is 0. The van der Waals surface area contributed by atoms with Gasteiger partial charge in [-0.3, -0.25) is 0 Å². The van der Waals surface area contributed by atoms with Crippen molar-refractivity contribution in [3.63, 3.8) is 0 Å². The van der Waals surface area contributed by atoms with Crippen LogP contribution in [0.2, 0.25) is 0 Å². The van der Waals surface area contributed by atoms with E-state index >= 15 is 0 Å². The summed E-state index contributed by atoms with van der Waals surface area (Å²) < 4.78 is 1.75. The molecular formula is C16H17N5. The van der Waals surface area contributed by atoms with Crippen molar-refractivity contribution in [1.82, 2.24) is 20.2 Å². The minimum Gasteiger partial charge on any atom is -0.398 e. The fourth-order valence-corrected chi connectivity index (χ4v) is 2.35. The Morgan fingerprint density at radius 1 is 0.952 bits per heavy atom. The number of nitrogens with two attached hydrogens (primary N) is 1. The molecule has 0 aliphatic heterocycles. The number of nitrogens with zero attached hydrogens (tertiary/aromatic N) is 4. The normalized spacial score (nSPS) is 10.8. The van der Waals surface area contributed by atoms with Gasteiger partial charge in [0.05, 0.1) is 5.69 Å². The molecule has 2 aromatic carbocycles. The van der Waals surface area contributed by atoms with Crippen LogP contribution in [0.4, 0.5) is 5.69 Å². The van der Waals surface area contributed by atoms with Crippen molar-refractivity contribution in [3.05, 3.63) is 53.1 Å². The van der Waals surface area contributed by atoms with Gasteiger partial charge in [0.15, 0.2) is 5.82 Å². The van der Waals surface area contributed by atoms with Crippen LogP contribution in [0, 0.1) is 20.8 Å². The molecule has 5 heteroatoms. The topological polar surface area (TPSA) is 69.6 Å².